The zero-order chi connectivity index (χ0) is 8.27. The Morgan fingerprint density at radius 1 is 1.55 bits per heavy atom. The molecule has 11 heavy (non-hydrogen) atoms. The summed E-state index contributed by atoms with van der Waals surface area (Å²) in [5.74, 6) is 0.759. The first kappa shape index (κ1) is 8.79. The standard InChI is InChI=1S/C10H18O/c1-8(2)7-11-10-6-4-5-9(10)3/h9-10H,1,4-7H2,2-3H3/t9-,10-/m1/s1. The SMILES string of the molecule is C=C(C)CO[C@@H]1CCC[C@H]1C. The van der Waals surface area contributed by atoms with E-state index in [0.29, 0.717) is 6.10 Å². The molecule has 1 aliphatic carbocycles. The highest BCUT2D eigenvalue weighted by Crippen LogP contribution is 2.27. The zero-order valence-corrected chi connectivity index (χ0v) is 7.60. The maximum atomic E-state index is 5.68. The van der Waals surface area contributed by atoms with Crippen LogP contribution in [0.15, 0.2) is 12.2 Å². The predicted molar refractivity (Wildman–Crippen MR) is 47.6 cm³/mol. The van der Waals surface area contributed by atoms with Gasteiger partial charge in [0, 0.05) is 0 Å². The first-order valence-electron chi connectivity index (χ1n) is 4.46. The lowest BCUT2D eigenvalue weighted by atomic mass is 10.1. The van der Waals surface area contributed by atoms with Gasteiger partial charge in [-0.25, -0.2) is 0 Å². The predicted octanol–water partition coefficient (Wildman–Crippen LogP) is 2.77. The van der Waals surface area contributed by atoms with Gasteiger partial charge in [0.25, 0.3) is 0 Å². The minimum absolute atomic E-state index is 0.506. The monoisotopic (exact) mass is 154 g/mol. The summed E-state index contributed by atoms with van der Waals surface area (Å²) in [6.45, 7) is 8.85. The quantitative estimate of drug-likeness (QED) is 0.568. The van der Waals surface area contributed by atoms with Crippen LogP contribution in [0.1, 0.15) is 33.1 Å². The van der Waals surface area contributed by atoms with Crippen LogP contribution in [0.4, 0.5) is 0 Å². The fraction of sp³-hybridized carbons (Fsp3) is 0.800. The molecular weight excluding hydrogens is 136 g/mol. The molecule has 1 fully saturated rings. The molecule has 0 saturated heterocycles. The minimum Gasteiger partial charge on any atom is -0.374 e. The molecule has 0 aliphatic heterocycles. The summed E-state index contributed by atoms with van der Waals surface area (Å²) >= 11 is 0. The van der Waals surface area contributed by atoms with Crippen molar-refractivity contribution in [1.29, 1.82) is 0 Å². The lowest BCUT2D eigenvalue weighted by Gasteiger charge is -2.15. The number of hydrogen-bond donors (Lipinski definition) is 0. The molecule has 1 heteroatoms. The fourth-order valence-corrected chi connectivity index (χ4v) is 1.61. The normalized spacial score (nSPS) is 30.7. The molecule has 1 aliphatic rings. The van der Waals surface area contributed by atoms with Crippen LogP contribution >= 0.6 is 0 Å². The number of ether oxygens (including phenoxy) is 1. The largest absolute Gasteiger partial charge is 0.374 e. The molecule has 0 aromatic carbocycles. The molecule has 0 aromatic rings. The van der Waals surface area contributed by atoms with E-state index in [1.165, 1.54) is 19.3 Å². The topological polar surface area (TPSA) is 9.23 Å². The van der Waals surface area contributed by atoms with Crippen LogP contribution < -0.4 is 0 Å². The molecule has 0 N–H and O–H groups in total. The average molecular weight is 154 g/mol. The summed E-state index contributed by atoms with van der Waals surface area (Å²) in [4.78, 5) is 0. The molecule has 1 saturated carbocycles. The molecule has 0 heterocycles. The van der Waals surface area contributed by atoms with E-state index in [-0.39, 0.29) is 0 Å². The Bertz CT molecular complexity index is 140. The van der Waals surface area contributed by atoms with Gasteiger partial charge in [0.1, 0.15) is 0 Å². The summed E-state index contributed by atoms with van der Waals surface area (Å²) in [6, 6.07) is 0. The van der Waals surface area contributed by atoms with E-state index in [1.807, 2.05) is 6.92 Å². The average Bonchev–Trinajstić information content (AvgIpc) is 2.31. The van der Waals surface area contributed by atoms with Gasteiger partial charge in [-0.1, -0.05) is 25.5 Å². The third-order valence-corrected chi connectivity index (χ3v) is 2.33. The van der Waals surface area contributed by atoms with E-state index in [9.17, 15) is 0 Å². The Hall–Kier alpha value is -0.300. The van der Waals surface area contributed by atoms with Crippen molar-refractivity contribution in [2.24, 2.45) is 5.92 Å². The van der Waals surface area contributed by atoms with Crippen LogP contribution in [-0.4, -0.2) is 12.7 Å². The number of rotatable bonds is 3. The van der Waals surface area contributed by atoms with Crippen LogP contribution in [0, 0.1) is 5.92 Å². The van der Waals surface area contributed by atoms with E-state index < -0.39 is 0 Å². The van der Waals surface area contributed by atoms with Gasteiger partial charge in [0.2, 0.25) is 0 Å². The van der Waals surface area contributed by atoms with Gasteiger partial charge >= 0.3 is 0 Å². The van der Waals surface area contributed by atoms with Gasteiger partial charge in [-0.3, -0.25) is 0 Å². The summed E-state index contributed by atoms with van der Waals surface area (Å²) < 4.78 is 5.68. The highest BCUT2D eigenvalue weighted by molar-refractivity contribution is 4.88. The van der Waals surface area contributed by atoms with Crippen LogP contribution in [-0.2, 0) is 4.74 Å². The minimum atomic E-state index is 0.506. The second kappa shape index (κ2) is 3.91. The number of hydrogen-bond acceptors (Lipinski definition) is 1. The Labute approximate surface area is 69.4 Å². The van der Waals surface area contributed by atoms with Crippen molar-refractivity contribution in [3.63, 3.8) is 0 Å². The van der Waals surface area contributed by atoms with Gasteiger partial charge in [-0.05, 0) is 25.7 Å². The lowest BCUT2D eigenvalue weighted by Crippen LogP contribution is -2.16. The Morgan fingerprint density at radius 2 is 2.27 bits per heavy atom. The van der Waals surface area contributed by atoms with E-state index in [4.69, 9.17) is 4.74 Å². The molecule has 0 radical (unpaired) electrons. The fourth-order valence-electron chi connectivity index (χ4n) is 1.61. The molecule has 64 valence electrons. The maximum absolute atomic E-state index is 5.68. The molecule has 0 bridgehead atoms. The van der Waals surface area contributed by atoms with Crippen molar-refractivity contribution in [3.05, 3.63) is 12.2 Å². The Balaban J connectivity index is 2.20. The molecule has 2 atom stereocenters. The lowest BCUT2D eigenvalue weighted by molar-refractivity contribution is 0.0478. The van der Waals surface area contributed by atoms with Gasteiger partial charge in [0.15, 0.2) is 0 Å². The van der Waals surface area contributed by atoms with E-state index in [1.54, 1.807) is 0 Å². The second-order valence-corrected chi connectivity index (χ2v) is 3.71. The Morgan fingerprint density at radius 3 is 2.73 bits per heavy atom. The summed E-state index contributed by atoms with van der Waals surface area (Å²) in [5, 5.41) is 0. The van der Waals surface area contributed by atoms with Gasteiger partial charge in [0.05, 0.1) is 12.7 Å². The first-order valence-corrected chi connectivity index (χ1v) is 4.46. The third-order valence-electron chi connectivity index (χ3n) is 2.33. The first-order chi connectivity index (χ1) is 5.20. The van der Waals surface area contributed by atoms with Crippen LogP contribution in [0.25, 0.3) is 0 Å². The highest BCUT2D eigenvalue weighted by atomic mass is 16.5. The van der Waals surface area contributed by atoms with Crippen molar-refractivity contribution < 1.29 is 4.74 Å². The molecule has 0 spiro atoms. The van der Waals surface area contributed by atoms with Gasteiger partial charge in [-0.15, -0.1) is 0 Å². The summed E-state index contributed by atoms with van der Waals surface area (Å²) in [7, 11) is 0. The van der Waals surface area contributed by atoms with E-state index in [0.717, 1.165) is 18.1 Å². The Kier molecular flexibility index (Phi) is 3.13. The highest BCUT2D eigenvalue weighted by Gasteiger charge is 2.23. The molecule has 0 unspecified atom stereocenters. The van der Waals surface area contributed by atoms with Crippen LogP contribution in [0.2, 0.25) is 0 Å². The summed E-state index contributed by atoms with van der Waals surface area (Å²) in [5.41, 5.74) is 1.13. The van der Waals surface area contributed by atoms with Crippen LogP contribution in [0.5, 0.6) is 0 Å². The molecule has 0 aromatic heterocycles. The zero-order valence-electron chi connectivity index (χ0n) is 7.60. The second-order valence-electron chi connectivity index (χ2n) is 3.71. The van der Waals surface area contributed by atoms with E-state index in [2.05, 4.69) is 13.5 Å². The van der Waals surface area contributed by atoms with Crippen molar-refractivity contribution in [3.8, 4) is 0 Å². The van der Waals surface area contributed by atoms with E-state index >= 15 is 0 Å². The summed E-state index contributed by atoms with van der Waals surface area (Å²) in [6.07, 6.45) is 4.42. The third kappa shape index (κ3) is 2.66. The molecule has 1 nitrogen and oxygen atoms in total. The van der Waals surface area contributed by atoms with Gasteiger partial charge in [-0.2, -0.15) is 0 Å². The molecular formula is C10H18O. The van der Waals surface area contributed by atoms with Gasteiger partial charge < -0.3 is 4.74 Å². The smallest absolute Gasteiger partial charge is 0.0675 e. The van der Waals surface area contributed by atoms with Crippen molar-refractivity contribution in [2.45, 2.75) is 39.2 Å². The van der Waals surface area contributed by atoms with Crippen LogP contribution in [0.3, 0.4) is 0 Å². The maximum Gasteiger partial charge on any atom is 0.0675 e. The van der Waals surface area contributed by atoms with Crippen molar-refractivity contribution >= 4 is 0 Å². The molecule has 1 rings (SSSR count). The molecule has 0 amide bonds. The van der Waals surface area contributed by atoms with Crippen molar-refractivity contribution in [2.75, 3.05) is 6.61 Å². The van der Waals surface area contributed by atoms with Crippen molar-refractivity contribution in [1.82, 2.24) is 0 Å².